The Morgan fingerprint density at radius 3 is 2.68 bits per heavy atom. The summed E-state index contributed by atoms with van der Waals surface area (Å²) >= 11 is 0. The first-order valence-electron chi connectivity index (χ1n) is 8.84. The van der Waals surface area contributed by atoms with E-state index in [1.165, 1.54) is 31.3 Å². The van der Waals surface area contributed by atoms with Crippen molar-refractivity contribution in [1.82, 2.24) is 0 Å². The lowest BCUT2D eigenvalue weighted by atomic mass is 9.48. The summed E-state index contributed by atoms with van der Waals surface area (Å²) in [6.07, 6.45) is 9.57. The van der Waals surface area contributed by atoms with Gasteiger partial charge in [0.05, 0.1) is 12.7 Å². The van der Waals surface area contributed by atoms with Gasteiger partial charge in [0, 0.05) is 0 Å². The van der Waals surface area contributed by atoms with Gasteiger partial charge in [-0.3, -0.25) is 0 Å². The molecule has 0 aromatic heterocycles. The Balaban J connectivity index is 2.27. The third-order valence-corrected chi connectivity index (χ3v) is 6.69. The van der Waals surface area contributed by atoms with Gasteiger partial charge in [-0.05, 0) is 67.8 Å². The second-order valence-electron chi connectivity index (χ2n) is 8.52. The Labute approximate surface area is 136 Å². The van der Waals surface area contributed by atoms with Crippen molar-refractivity contribution in [1.29, 1.82) is 0 Å². The highest BCUT2D eigenvalue weighted by molar-refractivity contribution is 5.20. The number of fused-ring (bicyclic) bond motifs is 1. The largest absolute Gasteiger partial charge is 0.392 e. The lowest BCUT2D eigenvalue weighted by molar-refractivity contribution is -0.0469. The van der Waals surface area contributed by atoms with Crippen LogP contribution in [0.3, 0.4) is 0 Å². The summed E-state index contributed by atoms with van der Waals surface area (Å²) in [5, 5.41) is 19.6. The smallest absolute Gasteiger partial charge is 0.0754 e. The standard InChI is InChI=1S/C20H34O2/c1-14-7-8-18-19(3,4)10-6-11-20(18,5)16(14)13-17(22)15(2)9-12-21/h7,9,16-18,21-22H,6,8,10-13H2,1-5H3/t16-,17+,18-,20+/m0/s1. The number of aliphatic hydroxyl groups excluding tert-OH is 2. The number of hydrogen-bond acceptors (Lipinski definition) is 2. The molecule has 4 atom stereocenters. The minimum Gasteiger partial charge on any atom is -0.392 e. The lowest BCUT2D eigenvalue weighted by Crippen LogP contribution is -2.49. The van der Waals surface area contributed by atoms with E-state index in [1.807, 2.05) is 6.92 Å². The van der Waals surface area contributed by atoms with Crippen LogP contribution >= 0.6 is 0 Å². The fourth-order valence-corrected chi connectivity index (χ4v) is 5.28. The van der Waals surface area contributed by atoms with Gasteiger partial charge >= 0.3 is 0 Å². The maximum atomic E-state index is 10.5. The molecule has 1 fully saturated rings. The Bertz CT molecular complexity index is 460. The summed E-state index contributed by atoms with van der Waals surface area (Å²) in [4.78, 5) is 0. The molecule has 0 spiro atoms. The summed E-state index contributed by atoms with van der Waals surface area (Å²) < 4.78 is 0. The lowest BCUT2D eigenvalue weighted by Gasteiger charge is -2.57. The van der Waals surface area contributed by atoms with E-state index in [4.69, 9.17) is 5.11 Å². The Morgan fingerprint density at radius 2 is 2.05 bits per heavy atom. The van der Waals surface area contributed by atoms with Gasteiger partial charge in [0.25, 0.3) is 0 Å². The molecule has 0 radical (unpaired) electrons. The summed E-state index contributed by atoms with van der Waals surface area (Å²) in [7, 11) is 0. The molecule has 2 nitrogen and oxygen atoms in total. The molecule has 0 saturated heterocycles. The van der Waals surface area contributed by atoms with E-state index < -0.39 is 6.10 Å². The third kappa shape index (κ3) is 3.19. The number of rotatable bonds is 4. The topological polar surface area (TPSA) is 40.5 Å². The van der Waals surface area contributed by atoms with Crippen LogP contribution in [-0.2, 0) is 0 Å². The Hall–Kier alpha value is -0.600. The first kappa shape index (κ1) is 17.7. The van der Waals surface area contributed by atoms with Crippen molar-refractivity contribution in [2.24, 2.45) is 22.7 Å². The average molecular weight is 306 g/mol. The molecule has 2 rings (SSSR count). The second-order valence-corrected chi connectivity index (χ2v) is 8.52. The molecule has 0 heterocycles. The van der Waals surface area contributed by atoms with Crippen molar-refractivity contribution in [3.05, 3.63) is 23.3 Å². The van der Waals surface area contributed by atoms with Gasteiger partial charge in [0.15, 0.2) is 0 Å². The van der Waals surface area contributed by atoms with Gasteiger partial charge in [-0.15, -0.1) is 0 Å². The van der Waals surface area contributed by atoms with E-state index in [1.54, 1.807) is 6.08 Å². The average Bonchev–Trinajstić information content (AvgIpc) is 2.42. The Kier molecular flexibility index (Phi) is 5.23. The highest BCUT2D eigenvalue weighted by atomic mass is 16.3. The molecule has 0 aliphatic heterocycles. The molecule has 0 aromatic rings. The quantitative estimate of drug-likeness (QED) is 0.752. The van der Waals surface area contributed by atoms with Gasteiger partial charge in [-0.2, -0.15) is 0 Å². The number of aliphatic hydroxyl groups is 2. The maximum Gasteiger partial charge on any atom is 0.0754 e. The van der Waals surface area contributed by atoms with Gasteiger partial charge in [0.1, 0.15) is 0 Å². The van der Waals surface area contributed by atoms with E-state index in [2.05, 4.69) is 33.8 Å². The van der Waals surface area contributed by atoms with Gasteiger partial charge < -0.3 is 10.2 Å². The fourth-order valence-electron chi connectivity index (χ4n) is 5.28. The predicted octanol–water partition coefficient (Wildman–Crippen LogP) is 4.47. The molecule has 0 bridgehead atoms. The van der Waals surface area contributed by atoms with Crippen LogP contribution in [0.25, 0.3) is 0 Å². The van der Waals surface area contributed by atoms with Crippen LogP contribution in [0.1, 0.15) is 66.7 Å². The minimum absolute atomic E-state index is 0.00923. The van der Waals surface area contributed by atoms with Crippen LogP contribution in [0.4, 0.5) is 0 Å². The Morgan fingerprint density at radius 1 is 1.36 bits per heavy atom. The molecule has 22 heavy (non-hydrogen) atoms. The predicted molar refractivity (Wildman–Crippen MR) is 92.6 cm³/mol. The zero-order valence-electron chi connectivity index (χ0n) is 15.0. The molecule has 0 aromatic carbocycles. The second kappa shape index (κ2) is 6.49. The monoisotopic (exact) mass is 306 g/mol. The van der Waals surface area contributed by atoms with E-state index in [0.717, 1.165) is 12.0 Å². The minimum atomic E-state index is -0.443. The molecule has 126 valence electrons. The van der Waals surface area contributed by atoms with Crippen LogP contribution in [0, 0.1) is 22.7 Å². The molecule has 1 saturated carbocycles. The van der Waals surface area contributed by atoms with Crippen LogP contribution < -0.4 is 0 Å². The zero-order chi connectivity index (χ0) is 16.5. The third-order valence-electron chi connectivity index (χ3n) is 6.69. The van der Waals surface area contributed by atoms with Crippen molar-refractivity contribution in [2.75, 3.05) is 6.61 Å². The zero-order valence-corrected chi connectivity index (χ0v) is 15.0. The van der Waals surface area contributed by atoms with E-state index in [-0.39, 0.29) is 6.61 Å². The van der Waals surface area contributed by atoms with Gasteiger partial charge in [-0.25, -0.2) is 0 Å². The molecule has 0 amide bonds. The van der Waals surface area contributed by atoms with Crippen LogP contribution in [0.15, 0.2) is 23.3 Å². The molecule has 2 aliphatic rings. The highest BCUT2D eigenvalue weighted by Crippen LogP contribution is 2.60. The van der Waals surface area contributed by atoms with Crippen molar-refractivity contribution >= 4 is 0 Å². The number of hydrogen-bond donors (Lipinski definition) is 2. The van der Waals surface area contributed by atoms with Crippen LogP contribution in [0.5, 0.6) is 0 Å². The number of allylic oxidation sites excluding steroid dienone is 2. The van der Waals surface area contributed by atoms with Crippen LogP contribution in [0.2, 0.25) is 0 Å². The summed E-state index contributed by atoms with van der Waals surface area (Å²) in [6.45, 7) is 11.5. The van der Waals surface area contributed by atoms with Crippen molar-refractivity contribution in [3.8, 4) is 0 Å². The van der Waals surface area contributed by atoms with Crippen molar-refractivity contribution < 1.29 is 10.2 Å². The molecular formula is C20H34O2. The van der Waals surface area contributed by atoms with Crippen molar-refractivity contribution in [2.45, 2.75) is 72.8 Å². The van der Waals surface area contributed by atoms with Crippen LogP contribution in [-0.4, -0.2) is 22.9 Å². The molecule has 2 heteroatoms. The van der Waals surface area contributed by atoms with E-state index in [9.17, 15) is 5.11 Å². The first-order chi connectivity index (χ1) is 10.2. The molecule has 0 unspecified atom stereocenters. The first-order valence-corrected chi connectivity index (χ1v) is 8.84. The summed E-state index contributed by atoms with van der Waals surface area (Å²) in [5.41, 5.74) is 3.04. The SMILES string of the molecule is CC(=CCO)[C@H](O)C[C@H]1C(C)=CC[C@H]2C(C)(C)CCC[C@]12C. The molecule has 2 aliphatic carbocycles. The highest BCUT2D eigenvalue weighted by Gasteiger charge is 2.51. The van der Waals surface area contributed by atoms with E-state index >= 15 is 0 Å². The van der Waals surface area contributed by atoms with Gasteiger partial charge in [0.2, 0.25) is 0 Å². The fraction of sp³-hybridized carbons (Fsp3) is 0.800. The molecule has 2 N–H and O–H groups in total. The molecular weight excluding hydrogens is 272 g/mol. The van der Waals surface area contributed by atoms with Gasteiger partial charge in [-0.1, -0.05) is 44.9 Å². The maximum absolute atomic E-state index is 10.5. The summed E-state index contributed by atoms with van der Waals surface area (Å²) in [6, 6.07) is 0. The van der Waals surface area contributed by atoms with E-state index in [0.29, 0.717) is 22.7 Å². The van der Waals surface area contributed by atoms with Crippen molar-refractivity contribution in [3.63, 3.8) is 0 Å². The summed E-state index contributed by atoms with van der Waals surface area (Å²) in [5.74, 6) is 1.15. The normalized spacial score (nSPS) is 36.5.